The Bertz CT molecular complexity index is 1310. The average Bonchev–Trinajstić information content (AvgIpc) is 3.21. The van der Waals surface area contributed by atoms with E-state index >= 15 is 0 Å². The molecular weight excluding hydrogens is 422 g/mol. The number of amides is 1. The third-order valence-corrected chi connectivity index (χ3v) is 6.62. The molecule has 0 aliphatic carbocycles. The van der Waals surface area contributed by atoms with Crippen molar-refractivity contribution in [3.8, 4) is 0 Å². The van der Waals surface area contributed by atoms with Gasteiger partial charge in [-0.05, 0) is 17.7 Å². The second-order valence-electron chi connectivity index (χ2n) is 7.88. The third-order valence-electron chi connectivity index (χ3n) is 5.62. The molecule has 0 fully saturated rings. The Hall–Kier alpha value is -3.36. The first-order chi connectivity index (χ1) is 15.7. The molecule has 162 valence electrons. The summed E-state index contributed by atoms with van der Waals surface area (Å²) in [5.41, 5.74) is 3.01. The highest BCUT2D eigenvalue weighted by Gasteiger charge is 2.21. The Labute approximate surface area is 189 Å². The minimum Gasteiger partial charge on any atom is -0.302 e. The van der Waals surface area contributed by atoms with Gasteiger partial charge in [0.05, 0.1) is 24.0 Å². The van der Waals surface area contributed by atoms with Gasteiger partial charge in [0, 0.05) is 42.7 Å². The van der Waals surface area contributed by atoms with Crippen LogP contribution in [0.5, 0.6) is 0 Å². The Morgan fingerprint density at radius 1 is 1.09 bits per heavy atom. The maximum atomic E-state index is 12.5. The number of fused-ring (bicyclic) bond motifs is 2. The number of anilines is 1. The fraction of sp³-hybridized carbons (Fsp3) is 0.250. The van der Waals surface area contributed by atoms with E-state index in [1.54, 1.807) is 22.1 Å². The smallest absolute Gasteiger partial charge is 0.228 e. The summed E-state index contributed by atoms with van der Waals surface area (Å²) in [5, 5.41) is 8.39. The van der Waals surface area contributed by atoms with Crippen LogP contribution in [0.3, 0.4) is 0 Å². The quantitative estimate of drug-likeness (QED) is 0.492. The van der Waals surface area contributed by atoms with Crippen molar-refractivity contribution in [2.45, 2.75) is 32.5 Å². The molecule has 32 heavy (non-hydrogen) atoms. The highest BCUT2D eigenvalue weighted by molar-refractivity contribution is 7.15. The van der Waals surface area contributed by atoms with Crippen LogP contribution < -0.4 is 10.7 Å². The summed E-state index contributed by atoms with van der Waals surface area (Å²) in [5.74, 6) is -0.109. The number of nitrogens with zero attached hydrogens (tertiary/aromatic N) is 4. The molecule has 7 nitrogen and oxygen atoms in total. The number of para-hydroxylation sites is 1. The predicted octanol–water partition coefficient (Wildman–Crippen LogP) is 3.44. The number of hydrogen-bond acceptors (Lipinski definition) is 6. The fourth-order valence-corrected chi connectivity index (χ4v) is 5.07. The van der Waals surface area contributed by atoms with Crippen LogP contribution in [0.2, 0.25) is 0 Å². The van der Waals surface area contributed by atoms with Gasteiger partial charge in [-0.25, -0.2) is 4.98 Å². The van der Waals surface area contributed by atoms with Gasteiger partial charge in [0.2, 0.25) is 11.3 Å². The zero-order chi connectivity index (χ0) is 21.9. The maximum Gasteiger partial charge on any atom is 0.228 e. The van der Waals surface area contributed by atoms with Crippen molar-refractivity contribution in [1.82, 2.24) is 19.7 Å². The van der Waals surface area contributed by atoms with E-state index < -0.39 is 0 Å². The van der Waals surface area contributed by atoms with Gasteiger partial charge >= 0.3 is 0 Å². The number of rotatable bonds is 6. The second kappa shape index (κ2) is 9.02. The van der Waals surface area contributed by atoms with E-state index in [0.717, 1.165) is 37.3 Å². The molecule has 2 aromatic carbocycles. The fourth-order valence-electron chi connectivity index (χ4n) is 4.01. The van der Waals surface area contributed by atoms with Crippen LogP contribution in [0, 0.1) is 0 Å². The summed E-state index contributed by atoms with van der Waals surface area (Å²) in [6.45, 7) is 3.12. The number of carbonyl (C=O) groups is 1. The van der Waals surface area contributed by atoms with Crippen molar-refractivity contribution >= 4 is 33.3 Å². The highest BCUT2D eigenvalue weighted by Crippen LogP contribution is 2.29. The zero-order valence-corrected chi connectivity index (χ0v) is 18.3. The lowest BCUT2D eigenvalue weighted by molar-refractivity contribution is -0.116. The van der Waals surface area contributed by atoms with Crippen LogP contribution in [0.15, 0.2) is 65.6 Å². The molecule has 0 bridgehead atoms. The molecule has 1 N–H and O–H groups in total. The van der Waals surface area contributed by atoms with Gasteiger partial charge in [-0.1, -0.05) is 42.5 Å². The lowest BCUT2D eigenvalue weighted by Crippen LogP contribution is -2.29. The molecule has 1 aliphatic rings. The topological polar surface area (TPSA) is 80.1 Å². The Kier molecular flexibility index (Phi) is 5.79. The summed E-state index contributed by atoms with van der Waals surface area (Å²) in [4.78, 5) is 32.8. The van der Waals surface area contributed by atoms with Crippen LogP contribution >= 0.6 is 11.3 Å². The molecule has 4 aromatic rings. The van der Waals surface area contributed by atoms with Gasteiger partial charge in [0.15, 0.2) is 5.13 Å². The molecule has 0 saturated heterocycles. The largest absolute Gasteiger partial charge is 0.302 e. The van der Waals surface area contributed by atoms with Gasteiger partial charge in [-0.3, -0.25) is 19.2 Å². The van der Waals surface area contributed by atoms with Gasteiger partial charge in [0.25, 0.3) is 0 Å². The molecule has 2 aromatic heterocycles. The van der Waals surface area contributed by atoms with Gasteiger partial charge < -0.3 is 5.32 Å². The lowest BCUT2D eigenvalue weighted by atomic mass is 10.1. The number of nitrogens with one attached hydrogen (secondary N) is 1. The maximum absolute atomic E-state index is 12.5. The van der Waals surface area contributed by atoms with Crippen LogP contribution in [0.4, 0.5) is 5.13 Å². The van der Waals surface area contributed by atoms with Crippen molar-refractivity contribution < 1.29 is 4.79 Å². The summed E-state index contributed by atoms with van der Waals surface area (Å²) in [7, 11) is 0. The number of thiazole rings is 1. The molecule has 0 spiro atoms. The Morgan fingerprint density at radius 2 is 1.91 bits per heavy atom. The van der Waals surface area contributed by atoms with Crippen molar-refractivity contribution in [2.24, 2.45) is 0 Å². The number of carbonyl (C=O) groups excluding carboxylic acids is 1. The highest BCUT2D eigenvalue weighted by atomic mass is 32.1. The zero-order valence-electron chi connectivity index (χ0n) is 17.5. The molecule has 8 heteroatoms. The molecule has 3 heterocycles. The first-order valence-electron chi connectivity index (χ1n) is 10.7. The Morgan fingerprint density at radius 3 is 2.78 bits per heavy atom. The van der Waals surface area contributed by atoms with Crippen LogP contribution in [-0.4, -0.2) is 32.1 Å². The summed E-state index contributed by atoms with van der Waals surface area (Å²) in [6.07, 6.45) is 2.45. The molecule has 0 unspecified atom stereocenters. The van der Waals surface area contributed by atoms with Crippen LogP contribution in [0.25, 0.3) is 10.9 Å². The number of aryl methyl sites for hydroxylation is 1. The van der Waals surface area contributed by atoms with E-state index in [-0.39, 0.29) is 17.8 Å². The summed E-state index contributed by atoms with van der Waals surface area (Å²) >= 11 is 1.56. The molecule has 1 amide bonds. The number of hydrogen-bond donors (Lipinski definition) is 1. The number of benzene rings is 2. The summed E-state index contributed by atoms with van der Waals surface area (Å²) in [6, 6.07) is 17.8. The average molecular weight is 446 g/mol. The SMILES string of the molecule is O=C(CCn1ncc(=O)c2ccccc21)Nc1nc2c(s1)CN(Cc1ccccc1)CC2. The van der Waals surface area contributed by atoms with Crippen molar-refractivity contribution in [1.29, 1.82) is 0 Å². The van der Waals surface area contributed by atoms with Gasteiger partial charge in [-0.2, -0.15) is 5.10 Å². The first-order valence-corrected chi connectivity index (χ1v) is 11.5. The first kappa shape index (κ1) is 20.5. The van der Waals surface area contributed by atoms with Gasteiger partial charge in [0.1, 0.15) is 0 Å². The molecule has 0 saturated carbocycles. The van der Waals surface area contributed by atoms with Crippen LogP contribution in [0.1, 0.15) is 22.6 Å². The molecule has 0 radical (unpaired) electrons. The molecule has 5 rings (SSSR count). The second-order valence-corrected chi connectivity index (χ2v) is 8.97. The standard InChI is InChI=1S/C24H23N5O2S/c30-21-14-25-29(20-9-5-4-8-18(20)21)13-11-23(31)27-24-26-19-10-12-28(16-22(19)32-24)15-17-6-2-1-3-7-17/h1-9,14H,10-13,15-16H2,(H,26,27,31). The predicted molar refractivity (Wildman–Crippen MR) is 126 cm³/mol. The van der Waals surface area contributed by atoms with E-state index in [1.807, 2.05) is 24.3 Å². The molecule has 1 aliphatic heterocycles. The Balaban J connectivity index is 1.20. The third kappa shape index (κ3) is 4.46. The number of aromatic nitrogens is 3. The van der Waals surface area contributed by atoms with E-state index in [1.165, 1.54) is 16.6 Å². The van der Waals surface area contributed by atoms with Gasteiger partial charge in [-0.15, -0.1) is 11.3 Å². The van der Waals surface area contributed by atoms with Crippen LogP contribution in [-0.2, 0) is 30.8 Å². The summed E-state index contributed by atoms with van der Waals surface area (Å²) < 4.78 is 1.70. The lowest BCUT2D eigenvalue weighted by Gasteiger charge is -2.25. The minimum absolute atomic E-state index is 0.109. The molecular formula is C24H23N5O2S. The van der Waals surface area contributed by atoms with E-state index in [4.69, 9.17) is 0 Å². The van der Waals surface area contributed by atoms with Crippen molar-refractivity contribution in [3.05, 3.63) is 87.2 Å². The normalized spacial score (nSPS) is 13.8. The van der Waals surface area contributed by atoms with E-state index in [2.05, 4.69) is 44.6 Å². The van der Waals surface area contributed by atoms with E-state index in [9.17, 15) is 9.59 Å². The minimum atomic E-state index is -0.115. The van der Waals surface area contributed by atoms with Crippen molar-refractivity contribution in [3.63, 3.8) is 0 Å². The molecule has 0 atom stereocenters. The van der Waals surface area contributed by atoms with Crippen molar-refractivity contribution in [2.75, 3.05) is 11.9 Å². The monoisotopic (exact) mass is 445 g/mol. The van der Waals surface area contributed by atoms with E-state index in [0.29, 0.717) is 17.1 Å².